The van der Waals surface area contributed by atoms with Gasteiger partial charge in [-0.3, -0.25) is 4.79 Å². The number of aromatic nitrogens is 2. The van der Waals surface area contributed by atoms with Gasteiger partial charge in [0.05, 0.1) is 17.0 Å². The standard InChI is InChI=1S/C14H14ClFN2O/c1-2-7-18-8-6-17-13(18)9-12(19)10-4-3-5-11(15)14(10)16/h3-6,8H,2,7,9H2,1H3. The lowest BCUT2D eigenvalue weighted by atomic mass is 10.1. The number of halogens is 2. The average Bonchev–Trinajstić information content (AvgIpc) is 2.80. The van der Waals surface area contributed by atoms with Crippen molar-refractivity contribution in [2.75, 3.05) is 0 Å². The van der Waals surface area contributed by atoms with E-state index in [1.807, 2.05) is 17.7 Å². The maximum atomic E-state index is 13.7. The highest BCUT2D eigenvalue weighted by atomic mass is 35.5. The first-order valence-corrected chi connectivity index (χ1v) is 6.48. The molecular weight excluding hydrogens is 267 g/mol. The Balaban J connectivity index is 2.21. The fourth-order valence-corrected chi connectivity index (χ4v) is 2.08. The minimum atomic E-state index is -0.664. The van der Waals surface area contributed by atoms with Crippen LogP contribution >= 0.6 is 11.6 Å². The van der Waals surface area contributed by atoms with Gasteiger partial charge >= 0.3 is 0 Å². The first kappa shape index (κ1) is 13.7. The van der Waals surface area contributed by atoms with Crippen LogP contribution in [0.2, 0.25) is 5.02 Å². The van der Waals surface area contributed by atoms with Crippen LogP contribution in [0.4, 0.5) is 4.39 Å². The second-order valence-electron chi connectivity index (χ2n) is 4.24. The van der Waals surface area contributed by atoms with Crippen LogP contribution < -0.4 is 0 Å². The van der Waals surface area contributed by atoms with E-state index < -0.39 is 5.82 Å². The van der Waals surface area contributed by atoms with E-state index in [1.165, 1.54) is 12.1 Å². The normalized spacial score (nSPS) is 10.7. The van der Waals surface area contributed by atoms with Crippen LogP contribution in [-0.2, 0) is 13.0 Å². The van der Waals surface area contributed by atoms with Crippen molar-refractivity contribution in [2.45, 2.75) is 26.3 Å². The molecule has 0 bridgehead atoms. The molecule has 3 nitrogen and oxygen atoms in total. The van der Waals surface area contributed by atoms with Crippen LogP contribution in [-0.4, -0.2) is 15.3 Å². The van der Waals surface area contributed by atoms with E-state index >= 15 is 0 Å². The lowest BCUT2D eigenvalue weighted by Gasteiger charge is -2.06. The first-order chi connectivity index (χ1) is 9.13. The highest BCUT2D eigenvalue weighted by Gasteiger charge is 2.16. The van der Waals surface area contributed by atoms with Gasteiger partial charge in [-0.1, -0.05) is 24.6 Å². The highest BCUT2D eigenvalue weighted by molar-refractivity contribution is 6.31. The molecule has 0 N–H and O–H groups in total. The van der Waals surface area contributed by atoms with Gasteiger partial charge in [-0.25, -0.2) is 9.37 Å². The minimum absolute atomic E-state index is 0.0125. The predicted molar refractivity (Wildman–Crippen MR) is 72.0 cm³/mol. The van der Waals surface area contributed by atoms with Gasteiger partial charge in [0.25, 0.3) is 0 Å². The monoisotopic (exact) mass is 280 g/mol. The molecule has 0 aliphatic heterocycles. The Morgan fingerprint density at radius 3 is 3.00 bits per heavy atom. The van der Waals surface area contributed by atoms with E-state index in [0.717, 1.165) is 13.0 Å². The molecule has 0 spiro atoms. The molecule has 1 aromatic carbocycles. The third kappa shape index (κ3) is 3.01. The number of carbonyl (C=O) groups excluding carboxylic acids is 1. The molecule has 19 heavy (non-hydrogen) atoms. The molecule has 0 aliphatic rings. The van der Waals surface area contributed by atoms with Crippen LogP contribution in [0.15, 0.2) is 30.6 Å². The Labute approximate surface area is 116 Å². The first-order valence-electron chi connectivity index (χ1n) is 6.10. The summed E-state index contributed by atoms with van der Waals surface area (Å²) in [5, 5.41) is -0.0391. The molecule has 0 atom stereocenters. The molecule has 1 heterocycles. The third-order valence-corrected chi connectivity index (χ3v) is 3.13. The summed E-state index contributed by atoms with van der Waals surface area (Å²) >= 11 is 5.67. The van der Waals surface area contributed by atoms with Crippen molar-refractivity contribution in [3.63, 3.8) is 0 Å². The van der Waals surface area contributed by atoms with Crippen molar-refractivity contribution in [1.29, 1.82) is 0 Å². The fourth-order valence-electron chi connectivity index (χ4n) is 1.91. The van der Waals surface area contributed by atoms with Gasteiger partial charge in [-0.05, 0) is 18.6 Å². The minimum Gasteiger partial charge on any atom is -0.335 e. The number of Topliss-reactive ketones (excluding diaryl/α,β-unsaturated/α-hetero) is 1. The fraction of sp³-hybridized carbons (Fsp3) is 0.286. The number of aryl methyl sites for hydroxylation is 1. The largest absolute Gasteiger partial charge is 0.335 e. The second-order valence-corrected chi connectivity index (χ2v) is 4.65. The van der Waals surface area contributed by atoms with E-state index in [9.17, 15) is 9.18 Å². The van der Waals surface area contributed by atoms with Crippen molar-refractivity contribution in [3.05, 3.63) is 52.8 Å². The van der Waals surface area contributed by atoms with Crippen LogP contribution in [0.5, 0.6) is 0 Å². The molecular formula is C14H14ClFN2O. The van der Waals surface area contributed by atoms with E-state index in [4.69, 9.17) is 11.6 Å². The number of rotatable bonds is 5. The molecule has 0 unspecified atom stereocenters. The zero-order chi connectivity index (χ0) is 13.8. The van der Waals surface area contributed by atoms with Crippen molar-refractivity contribution < 1.29 is 9.18 Å². The van der Waals surface area contributed by atoms with Gasteiger partial charge in [-0.15, -0.1) is 0 Å². The van der Waals surface area contributed by atoms with Crippen molar-refractivity contribution in [2.24, 2.45) is 0 Å². The van der Waals surface area contributed by atoms with Crippen molar-refractivity contribution in [3.8, 4) is 0 Å². The van der Waals surface area contributed by atoms with Gasteiger partial charge in [-0.2, -0.15) is 0 Å². The van der Waals surface area contributed by atoms with Crippen LogP contribution in [0.3, 0.4) is 0 Å². The Kier molecular flexibility index (Phi) is 4.32. The number of ketones is 1. The number of benzene rings is 1. The van der Waals surface area contributed by atoms with E-state index in [-0.39, 0.29) is 22.8 Å². The molecule has 1 aromatic heterocycles. The number of imidazole rings is 1. The van der Waals surface area contributed by atoms with Gasteiger partial charge < -0.3 is 4.57 Å². The molecule has 0 saturated heterocycles. The summed E-state index contributed by atoms with van der Waals surface area (Å²) < 4.78 is 15.7. The van der Waals surface area contributed by atoms with E-state index in [1.54, 1.807) is 12.3 Å². The molecule has 0 saturated carbocycles. The quantitative estimate of drug-likeness (QED) is 0.786. The Morgan fingerprint density at radius 1 is 1.47 bits per heavy atom. The maximum absolute atomic E-state index is 13.7. The maximum Gasteiger partial charge on any atom is 0.173 e. The van der Waals surface area contributed by atoms with Crippen molar-refractivity contribution in [1.82, 2.24) is 9.55 Å². The number of carbonyl (C=O) groups is 1. The summed E-state index contributed by atoms with van der Waals surface area (Å²) in [6, 6.07) is 4.43. The Morgan fingerprint density at radius 2 is 2.26 bits per heavy atom. The van der Waals surface area contributed by atoms with Gasteiger partial charge in [0.1, 0.15) is 5.82 Å². The molecule has 0 radical (unpaired) electrons. The second kappa shape index (κ2) is 5.97. The molecule has 5 heteroatoms. The molecule has 2 rings (SSSR count). The molecule has 100 valence electrons. The predicted octanol–water partition coefficient (Wildman–Crippen LogP) is 3.51. The Hall–Kier alpha value is -1.68. The van der Waals surface area contributed by atoms with Crippen LogP contribution in [0, 0.1) is 5.82 Å². The summed E-state index contributed by atoms with van der Waals surface area (Å²) in [7, 11) is 0. The number of nitrogens with zero attached hydrogens (tertiary/aromatic N) is 2. The van der Waals surface area contributed by atoms with E-state index in [2.05, 4.69) is 4.98 Å². The number of hydrogen-bond donors (Lipinski definition) is 0. The summed E-state index contributed by atoms with van der Waals surface area (Å²) in [6.45, 7) is 2.84. The van der Waals surface area contributed by atoms with Crippen molar-refractivity contribution >= 4 is 17.4 Å². The molecule has 0 aliphatic carbocycles. The van der Waals surface area contributed by atoms with Gasteiger partial charge in [0, 0.05) is 18.9 Å². The summed E-state index contributed by atoms with van der Waals surface area (Å²) in [5.41, 5.74) is 0.0125. The molecule has 0 fully saturated rings. The van der Waals surface area contributed by atoms with Crippen LogP contribution in [0.25, 0.3) is 0 Å². The SMILES string of the molecule is CCCn1ccnc1CC(=O)c1cccc(Cl)c1F. The summed E-state index contributed by atoms with van der Waals surface area (Å²) in [5.74, 6) is -0.336. The van der Waals surface area contributed by atoms with Gasteiger partial charge in [0.2, 0.25) is 0 Å². The van der Waals surface area contributed by atoms with E-state index in [0.29, 0.717) is 5.82 Å². The lowest BCUT2D eigenvalue weighted by molar-refractivity contribution is 0.0986. The topological polar surface area (TPSA) is 34.9 Å². The van der Waals surface area contributed by atoms with Gasteiger partial charge in [0.15, 0.2) is 11.6 Å². The Bertz CT molecular complexity index is 595. The number of hydrogen-bond acceptors (Lipinski definition) is 2. The van der Waals surface area contributed by atoms with Crippen LogP contribution in [0.1, 0.15) is 29.5 Å². The molecule has 2 aromatic rings. The lowest BCUT2D eigenvalue weighted by Crippen LogP contribution is -2.11. The zero-order valence-electron chi connectivity index (χ0n) is 10.6. The average molecular weight is 281 g/mol. The summed E-state index contributed by atoms with van der Waals surface area (Å²) in [4.78, 5) is 16.2. The highest BCUT2D eigenvalue weighted by Crippen LogP contribution is 2.19. The molecule has 0 amide bonds. The zero-order valence-corrected chi connectivity index (χ0v) is 11.3. The third-order valence-electron chi connectivity index (χ3n) is 2.84. The summed E-state index contributed by atoms with van der Waals surface area (Å²) in [6.07, 6.45) is 4.49. The smallest absolute Gasteiger partial charge is 0.173 e.